The Hall–Kier alpha value is -3.00. The fourth-order valence-electron chi connectivity index (χ4n) is 3.98. The molecule has 4 aromatic rings. The average Bonchev–Trinajstić information content (AvgIpc) is 2.79. The van der Waals surface area contributed by atoms with Crippen LogP contribution in [0.4, 0.5) is 0 Å². The van der Waals surface area contributed by atoms with Crippen molar-refractivity contribution in [3.05, 3.63) is 72.8 Å². The van der Waals surface area contributed by atoms with Crippen LogP contribution in [-0.4, -0.2) is 24.1 Å². The number of hydrogen-bond donors (Lipinski definition) is 1. The minimum Gasteiger partial charge on any atom is -0.726 e. The fourth-order valence-corrected chi connectivity index (χ4v) is 3.98. The lowest BCUT2D eigenvalue weighted by atomic mass is 9.96. The molecule has 0 spiro atoms. The summed E-state index contributed by atoms with van der Waals surface area (Å²) in [4.78, 5) is 0. The predicted octanol–water partition coefficient (Wildman–Crippen LogP) is 5.45. The lowest BCUT2D eigenvalue weighted by molar-refractivity contribution is -0.617. The number of fused-ring (bicyclic) bond motifs is 2. The van der Waals surface area contributed by atoms with Gasteiger partial charge < -0.3 is 9.29 Å². The van der Waals surface area contributed by atoms with Gasteiger partial charge in [-0.3, -0.25) is 4.55 Å². The van der Waals surface area contributed by atoms with Gasteiger partial charge in [-0.05, 0) is 36.2 Å². The van der Waals surface area contributed by atoms with Crippen molar-refractivity contribution >= 4 is 32.2 Å². The Bertz CT molecular complexity index is 1250. The van der Waals surface area contributed by atoms with Crippen molar-refractivity contribution in [2.45, 2.75) is 32.6 Å². The Balaban J connectivity index is 0.000000555. The molecule has 0 aliphatic carbocycles. The summed E-state index contributed by atoms with van der Waals surface area (Å²) in [6.45, 7) is 3.03. The first-order valence-corrected chi connectivity index (χ1v) is 12.4. The third-order valence-electron chi connectivity index (χ3n) is 5.48. The molecule has 0 aliphatic heterocycles. The van der Waals surface area contributed by atoms with Crippen LogP contribution in [0.1, 0.15) is 32.6 Å². The molecule has 6 nitrogen and oxygen atoms in total. The maximum atomic E-state index is 8.63. The van der Waals surface area contributed by atoms with E-state index in [1.807, 2.05) is 0 Å². The minimum atomic E-state index is -4.92. The predicted molar refractivity (Wildman–Crippen MR) is 130 cm³/mol. The van der Waals surface area contributed by atoms with Gasteiger partial charge in [0.2, 0.25) is 21.4 Å². The van der Waals surface area contributed by atoms with Gasteiger partial charge in [0.25, 0.3) is 0 Å². The van der Waals surface area contributed by atoms with E-state index in [2.05, 4.69) is 91.3 Å². The van der Waals surface area contributed by atoms with E-state index in [1.165, 1.54) is 52.2 Å². The number of benzene rings is 3. The number of para-hydroxylation sites is 2. The highest BCUT2D eigenvalue weighted by molar-refractivity contribution is 7.79. The molecular weight excluding hydrogens is 438 g/mol. The third kappa shape index (κ3) is 6.74. The van der Waals surface area contributed by atoms with Crippen molar-refractivity contribution in [3.63, 3.8) is 0 Å². The monoisotopic (exact) mass is 467 g/mol. The van der Waals surface area contributed by atoms with Crippen LogP contribution in [0.15, 0.2) is 72.8 Å². The number of aromatic nitrogens is 1. The van der Waals surface area contributed by atoms with Crippen molar-refractivity contribution in [2.24, 2.45) is 7.05 Å². The van der Waals surface area contributed by atoms with Gasteiger partial charge in [-0.2, -0.15) is 4.57 Å². The van der Waals surface area contributed by atoms with Gasteiger partial charge in [0.15, 0.2) is 0 Å². The molecule has 0 unspecified atom stereocenters. The van der Waals surface area contributed by atoms with Crippen LogP contribution in [0.5, 0.6) is 5.75 Å². The Morgan fingerprint density at radius 3 is 1.88 bits per heavy atom. The van der Waals surface area contributed by atoms with Crippen molar-refractivity contribution in [3.8, 4) is 16.9 Å². The molecule has 1 aromatic heterocycles. The highest BCUT2D eigenvalue weighted by Crippen LogP contribution is 2.34. The van der Waals surface area contributed by atoms with Crippen LogP contribution in [0.3, 0.4) is 0 Å². The number of pyridine rings is 1. The molecule has 33 heavy (non-hydrogen) atoms. The van der Waals surface area contributed by atoms with Crippen molar-refractivity contribution < 1.29 is 26.8 Å². The Morgan fingerprint density at radius 2 is 1.36 bits per heavy atom. The Kier molecular flexibility index (Phi) is 8.38. The number of rotatable bonds is 7. The number of nitrogens with zero attached hydrogens (tertiary/aromatic N) is 1. The molecule has 0 radical (unpaired) electrons. The molecule has 0 aliphatic rings. The van der Waals surface area contributed by atoms with E-state index in [-0.39, 0.29) is 0 Å². The van der Waals surface area contributed by atoms with Crippen LogP contribution < -0.4 is 9.30 Å². The molecule has 0 saturated carbocycles. The molecule has 0 atom stereocenters. The van der Waals surface area contributed by atoms with Gasteiger partial charge in [-0.15, -0.1) is 0 Å². The first-order valence-electron chi connectivity index (χ1n) is 11.0. The summed E-state index contributed by atoms with van der Waals surface area (Å²) >= 11 is 0. The molecule has 4 rings (SSSR count). The summed E-state index contributed by atoms with van der Waals surface area (Å²) in [5.74, 6) is 0.954. The molecule has 0 fully saturated rings. The molecule has 0 bridgehead atoms. The standard InChI is InChI=1S/C26H28NO.H2O4S/c1-3-4-5-10-19-28-21-17-15-20(16-18-21)26-22-11-6-8-13-24(22)27(2)25-14-9-7-12-23(25)26;1-5(2,3)4/h6-9,11-18H,3-5,10,19H2,1-2H3;(H2,1,2,3,4)/q+1;/p-1. The number of ether oxygens (including phenoxy) is 1. The lowest BCUT2D eigenvalue weighted by Gasteiger charge is -2.11. The summed E-state index contributed by atoms with van der Waals surface area (Å²) in [6.07, 6.45) is 4.91. The van der Waals surface area contributed by atoms with Crippen molar-refractivity contribution in [1.82, 2.24) is 0 Å². The van der Waals surface area contributed by atoms with Crippen LogP contribution in [0.25, 0.3) is 32.9 Å². The zero-order valence-electron chi connectivity index (χ0n) is 18.9. The molecule has 3 aromatic carbocycles. The second-order valence-electron chi connectivity index (χ2n) is 7.83. The van der Waals surface area contributed by atoms with E-state index in [9.17, 15) is 0 Å². The zero-order valence-corrected chi connectivity index (χ0v) is 19.7. The largest absolute Gasteiger partial charge is 0.726 e. The minimum absolute atomic E-state index is 0.798. The molecule has 0 amide bonds. The first kappa shape index (κ1) is 24.6. The van der Waals surface area contributed by atoms with Crippen molar-refractivity contribution in [2.75, 3.05) is 6.61 Å². The topological polar surface area (TPSA) is 90.5 Å². The van der Waals surface area contributed by atoms with Gasteiger partial charge in [0.05, 0.1) is 17.4 Å². The van der Waals surface area contributed by atoms with E-state index in [0.717, 1.165) is 18.8 Å². The second kappa shape index (κ2) is 11.2. The molecule has 1 heterocycles. The normalized spacial score (nSPS) is 11.3. The highest BCUT2D eigenvalue weighted by Gasteiger charge is 2.18. The average molecular weight is 468 g/mol. The summed E-state index contributed by atoms with van der Waals surface area (Å²) in [6, 6.07) is 25.9. The molecular formula is C26H29NO5S. The van der Waals surface area contributed by atoms with Crippen LogP contribution in [0, 0.1) is 0 Å². The molecule has 1 N–H and O–H groups in total. The van der Waals surface area contributed by atoms with E-state index in [0.29, 0.717) is 0 Å². The van der Waals surface area contributed by atoms with Crippen molar-refractivity contribution in [1.29, 1.82) is 0 Å². The highest BCUT2D eigenvalue weighted by atomic mass is 32.3. The van der Waals surface area contributed by atoms with E-state index >= 15 is 0 Å². The maximum Gasteiger partial charge on any atom is 0.215 e. The van der Waals surface area contributed by atoms with E-state index in [4.69, 9.17) is 22.3 Å². The maximum absolute atomic E-state index is 8.63. The SMILES string of the molecule is CCCCCCOc1ccc(-c2c3ccccc3[n+](C)c3ccccc23)cc1.O=S(=O)([O-])O. The first-order chi connectivity index (χ1) is 15.8. The molecule has 0 saturated heterocycles. The van der Waals surface area contributed by atoms with E-state index in [1.54, 1.807) is 0 Å². The van der Waals surface area contributed by atoms with Gasteiger partial charge >= 0.3 is 0 Å². The number of aryl methyl sites for hydroxylation is 1. The number of unbranched alkanes of at least 4 members (excludes halogenated alkanes) is 3. The van der Waals surface area contributed by atoms with Gasteiger partial charge in [-0.25, -0.2) is 8.42 Å². The Morgan fingerprint density at radius 1 is 0.848 bits per heavy atom. The summed E-state index contributed by atoms with van der Waals surface area (Å²) in [5.41, 5.74) is 5.00. The Labute approximate surface area is 195 Å². The molecule has 174 valence electrons. The summed E-state index contributed by atoms with van der Waals surface area (Å²) < 4.78 is 41.0. The van der Waals surface area contributed by atoms with Gasteiger partial charge in [0, 0.05) is 17.7 Å². The van der Waals surface area contributed by atoms with Crippen LogP contribution in [-0.2, 0) is 17.4 Å². The van der Waals surface area contributed by atoms with Crippen LogP contribution in [0.2, 0.25) is 0 Å². The van der Waals surface area contributed by atoms with Crippen LogP contribution >= 0.6 is 0 Å². The smallest absolute Gasteiger partial charge is 0.215 e. The lowest BCUT2D eigenvalue weighted by Crippen LogP contribution is -2.30. The second-order valence-corrected chi connectivity index (χ2v) is 8.69. The van der Waals surface area contributed by atoms with Gasteiger partial charge in [-0.1, -0.05) is 62.6 Å². The van der Waals surface area contributed by atoms with E-state index < -0.39 is 10.4 Å². The zero-order chi connectivity index (χ0) is 23.8. The summed E-state index contributed by atoms with van der Waals surface area (Å²) in [5, 5.41) is 2.55. The van der Waals surface area contributed by atoms with Gasteiger partial charge in [0.1, 0.15) is 12.8 Å². The fraction of sp³-hybridized carbons (Fsp3) is 0.269. The molecule has 7 heteroatoms. The quantitative estimate of drug-likeness (QED) is 0.128. The third-order valence-corrected chi connectivity index (χ3v) is 5.48. The number of hydrogen-bond acceptors (Lipinski definition) is 4. The summed E-state index contributed by atoms with van der Waals surface area (Å²) in [7, 11) is -2.77.